The monoisotopic (exact) mass is 781 g/mol. The van der Waals surface area contributed by atoms with Crippen LogP contribution in [0.2, 0.25) is 0 Å². The maximum absolute atomic E-state index is 6.66. The molecule has 4 aromatic carbocycles. The molecule has 6 aromatic rings. The van der Waals surface area contributed by atoms with E-state index in [0.29, 0.717) is 11.5 Å². The van der Waals surface area contributed by atoms with Gasteiger partial charge in [-0.3, -0.25) is 0 Å². The molecule has 0 aliphatic carbocycles. The molecule has 2 heterocycles. The number of ether oxygens (including phenoxy) is 1. The van der Waals surface area contributed by atoms with Gasteiger partial charge in [0.05, 0.1) is 0 Å². The maximum atomic E-state index is 6.66. The standard InChI is InChI=1S/C42H38N2O.Pt/c1-41(2,3)35-17-19-43-39(27-35)33-21-31(29-13-9-7-10-14-29)23-37(25-33)45-38-24-32(30-15-11-8-12-16-30)22-34(26-38)40-28-36(18-20-44-40)42(4,5)6;/h7-24,27-28H,1-6H3;/q-2;+2. The van der Waals surface area contributed by atoms with E-state index in [9.17, 15) is 0 Å². The molecule has 232 valence electrons. The van der Waals surface area contributed by atoms with E-state index in [2.05, 4.69) is 114 Å². The fraction of sp³-hybridized carbons (Fsp3) is 0.190. The molecular formula is C42H38N2OPt. The van der Waals surface area contributed by atoms with Gasteiger partial charge in [-0.1, -0.05) is 150 Å². The molecule has 46 heavy (non-hydrogen) atoms. The van der Waals surface area contributed by atoms with Crippen molar-refractivity contribution < 1.29 is 25.8 Å². The number of hydrogen-bond donors (Lipinski definition) is 0. The first-order chi connectivity index (χ1) is 21.5. The summed E-state index contributed by atoms with van der Waals surface area (Å²) >= 11 is 0. The molecular weight excluding hydrogens is 744 g/mol. The van der Waals surface area contributed by atoms with Crippen LogP contribution >= 0.6 is 0 Å². The molecule has 0 spiro atoms. The normalized spacial score (nSPS) is 11.5. The first-order valence-corrected chi connectivity index (χ1v) is 15.4. The number of nitrogens with zero attached hydrogens (tertiary/aromatic N) is 2. The molecule has 0 fully saturated rings. The second-order valence-electron chi connectivity index (χ2n) is 13.5. The van der Waals surface area contributed by atoms with E-state index in [1.165, 1.54) is 11.1 Å². The topological polar surface area (TPSA) is 35.0 Å². The van der Waals surface area contributed by atoms with Crippen LogP contribution in [0.4, 0.5) is 0 Å². The van der Waals surface area contributed by atoms with Gasteiger partial charge < -0.3 is 14.7 Å². The van der Waals surface area contributed by atoms with E-state index in [4.69, 9.17) is 14.7 Å². The summed E-state index contributed by atoms with van der Waals surface area (Å²) < 4.78 is 6.66. The van der Waals surface area contributed by atoms with Gasteiger partial charge in [0.25, 0.3) is 0 Å². The van der Waals surface area contributed by atoms with Crippen LogP contribution in [0.25, 0.3) is 44.8 Å². The predicted molar refractivity (Wildman–Crippen MR) is 185 cm³/mol. The Labute approximate surface area is 288 Å². The molecule has 0 aliphatic rings. The molecule has 3 nitrogen and oxygen atoms in total. The molecule has 0 N–H and O–H groups in total. The molecule has 0 unspecified atom stereocenters. The Morgan fingerprint density at radius 1 is 0.478 bits per heavy atom. The first kappa shape index (κ1) is 33.0. The molecule has 0 aliphatic heterocycles. The molecule has 0 saturated heterocycles. The van der Waals surface area contributed by atoms with Gasteiger partial charge in [-0.15, -0.1) is 23.3 Å². The average molecular weight is 782 g/mol. The fourth-order valence-electron chi connectivity index (χ4n) is 5.27. The number of rotatable bonds is 6. The van der Waals surface area contributed by atoms with E-state index in [-0.39, 0.29) is 31.9 Å². The smallest absolute Gasteiger partial charge is 0.497 e. The Kier molecular flexibility index (Phi) is 9.75. The van der Waals surface area contributed by atoms with Crippen LogP contribution in [0.3, 0.4) is 0 Å². The maximum Gasteiger partial charge on any atom is 2.00 e. The van der Waals surface area contributed by atoms with Gasteiger partial charge in [-0.2, -0.15) is 0 Å². The van der Waals surface area contributed by atoms with Crippen molar-refractivity contribution in [2.75, 3.05) is 0 Å². The van der Waals surface area contributed by atoms with E-state index >= 15 is 0 Å². The van der Waals surface area contributed by atoms with Crippen LogP contribution in [0.1, 0.15) is 52.7 Å². The molecule has 0 atom stereocenters. The van der Waals surface area contributed by atoms with E-state index < -0.39 is 0 Å². The van der Waals surface area contributed by atoms with Crippen molar-refractivity contribution in [1.29, 1.82) is 0 Å². The quantitative estimate of drug-likeness (QED) is 0.158. The van der Waals surface area contributed by atoms with Crippen LogP contribution in [0.15, 0.2) is 122 Å². The van der Waals surface area contributed by atoms with E-state index in [0.717, 1.165) is 44.8 Å². The van der Waals surface area contributed by atoms with Crippen molar-refractivity contribution in [3.05, 3.63) is 145 Å². The summed E-state index contributed by atoms with van der Waals surface area (Å²) in [4.78, 5) is 9.48. The van der Waals surface area contributed by atoms with Crippen molar-refractivity contribution in [2.45, 2.75) is 52.4 Å². The van der Waals surface area contributed by atoms with Crippen LogP contribution in [0.5, 0.6) is 11.5 Å². The molecule has 0 amide bonds. The van der Waals surface area contributed by atoms with Gasteiger partial charge in [0.1, 0.15) is 0 Å². The molecule has 4 heteroatoms. The Morgan fingerprint density at radius 3 is 1.24 bits per heavy atom. The van der Waals surface area contributed by atoms with Gasteiger partial charge in [0.2, 0.25) is 0 Å². The third-order valence-electron chi connectivity index (χ3n) is 7.93. The van der Waals surface area contributed by atoms with Gasteiger partial charge in [0, 0.05) is 23.9 Å². The van der Waals surface area contributed by atoms with Gasteiger partial charge in [-0.05, 0) is 56.6 Å². The zero-order valence-corrected chi connectivity index (χ0v) is 29.4. The zero-order valence-electron chi connectivity index (χ0n) is 27.2. The molecule has 0 saturated carbocycles. The van der Waals surface area contributed by atoms with Crippen LogP contribution in [-0.2, 0) is 31.9 Å². The minimum absolute atomic E-state index is 0. The number of aromatic nitrogens is 2. The van der Waals surface area contributed by atoms with E-state index in [1.54, 1.807) is 0 Å². The summed E-state index contributed by atoms with van der Waals surface area (Å²) in [5.74, 6) is 1.19. The van der Waals surface area contributed by atoms with Crippen molar-refractivity contribution >= 4 is 0 Å². The third kappa shape index (κ3) is 7.72. The summed E-state index contributed by atoms with van der Waals surface area (Å²) in [6.45, 7) is 13.3. The Morgan fingerprint density at radius 2 is 0.870 bits per heavy atom. The van der Waals surface area contributed by atoms with Crippen LogP contribution in [-0.4, -0.2) is 9.97 Å². The second kappa shape index (κ2) is 13.6. The minimum Gasteiger partial charge on any atom is -0.497 e. The Bertz CT molecular complexity index is 1800. The fourth-order valence-corrected chi connectivity index (χ4v) is 5.27. The van der Waals surface area contributed by atoms with Crippen molar-refractivity contribution in [3.63, 3.8) is 0 Å². The largest absolute Gasteiger partial charge is 2.00 e. The van der Waals surface area contributed by atoms with Crippen LogP contribution < -0.4 is 4.74 Å². The van der Waals surface area contributed by atoms with Crippen molar-refractivity contribution in [3.8, 4) is 56.3 Å². The zero-order chi connectivity index (χ0) is 31.6. The molecule has 6 rings (SSSR count). The van der Waals surface area contributed by atoms with Crippen molar-refractivity contribution in [1.82, 2.24) is 9.97 Å². The summed E-state index contributed by atoms with van der Waals surface area (Å²) in [6.07, 6.45) is 3.75. The van der Waals surface area contributed by atoms with E-state index in [1.807, 2.05) is 60.9 Å². The molecule has 0 radical (unpaired) electrons. The van der Waals surface area contributed by atoms with Crippen LogP contribution in [0, 0.1) is 12.1 Å². The summed E-state index contributed by atoms with van der Waals surface area (Å²) in [5.41, 5.74) is 10.1. The Hall–Kier alpha value is -4.33. The number of pyridine rings is 2. The minimum atomic E-state index is -0.00434. The molecule has 2 aromatic heterocycles. The second-order valence-corrected chi connectivity index (χ2v) is 13.5. The third-order valence-corrected chi connectivity index (χ3v) is 7.93. The first-order valence-electron chi connectivity index (χ1n) is 15.4. The SMILES string of the molecule is CC(C)(C)c1ccnc(-c2[c-]c(Oc3[c-]c(-c4cc(C(C)(C)C)ccn4)cc(-c4ccccc4)c3)cc(-c3ccccc3)c2)c1.[Pt+2]. The van der Waals surface area contributed by atoms with Crippen molar-refractivity contribution in [2.24, 2.45) is 0 Å². The Balaban J connectivity index is 0.00000417. The number of benzene rings is 4. The van der Waals surface area contributed by atoms with Gasteiger partial charge in [0.15, 0.2) is 0 Å². The summed E-state index contributed by atoms with van der Waals surface area (Å²) in [5, 5.41) is 0. The molecule has 0 bridgehead atoms. The van der Waals surface area contributed by atoms with Gasteiger partial charge >= 0.3 is 21.1 Å². The predicted octanol–water partition coefficient (Wildman–Crippen LogP) is 11.1. The summed E-state index contributed by atoms with van der Waals surface area (Å²) in [7, 11) is 0. The average Bonchev–Trinajstić information content (AvgIpc) is 3.04. The summed E-state index contributed by atoms with van der Waals surface area (Å²) in [6, 6.07) is 44.5. The number of hydrogen-bond acceptors (Lipinski definition) is 3. The van der Waals surface area contributed by atoms with Gasteiger partial charge in [-0.25, -0.2) is 0 Å².